The van der Waals surface area contributed by atoms with Gasteiger partial charge in [0.05, 0.1) is 6.61 Å². The van der Waals surface area contributed by atoms with Crippen LogP contribution in [0.2, 0.25) is 0 Å². The first-order valence-electron chi connectivity index (χ1n) is 7.12. The van der Waals surface area contributed by atoms with E-state index in [-0.39, 0.29) is 0 Å². The maximum absolute atomic E-state index is 13.6. The van der Waals surface area contributed by atoms with E-state index in [2.05, 4.69) is 4.90 Å². The van der Waals surface area contributed by atoms with Crippen molar-refractivity contribution in [1.82, 2.24) is 4.90 Å². The summed E-state index contributed by atoms with van der Waals surface area (Å²) in [6.45, 7) is 6.58. The molecule has 3 heteroatoms. The third-order valence-electron chi connectivity index (χ3n) is 3.54. The van der Waals surface area contributed by atoms with Crippen LogP contribution in [0.5, 0.6) is 5.75 Å². The summed E-state index contributed by atoms with van der Waals surface area (Å²) in [6.07, 6.45) is 2.20. The highest BCUT2D eigenvalue weighted by Gasteiger charge is 2.25. The van der Waals surface area contributed by atoms with Gasteiger partial charge in [-0.25, -0.2) is 4.39 Å². The maximum atomic E-state index is 13.6. The fraction of sp³-hybridized carbons (Fsp3) is 0.625. The van der Waals surface area contributed by atoms with Crippen molar-refractivity contribution in [3.8, 4) is 5.75 Å². The molecule has 106 valence electrons. The molecule has 0 N–H and O–H groups in total. The molecule has 0 aromatic heterocycles. The van der Waals surface area contributed by atoms with Crippen molar-refractivity contribution in [3.63, 3.8) is 0 Å². The predicted molar refractivity (Wildman–Crippen MR) is 76.3 cm³/mol. The van der Waals surface area contributed by atoms with Crippen LogP contribution in [0.25, 0.3) is 0 Å². The van der Waals surface area contributed by atoms with Gasteiger partial charge >= 0.3 is 0 Å². The van der Waals surface area contributed by atoms with Crippen LogP contribution in [-0.4, -0.2) is 36.8 Å². The Bertz CT molecular complexity index is 366. The second-order valence-corrected chi connectivity index (χ2v) is 6.06. The molecule has 1 fully saturated rings. The van der Waals surface area contributed by atoms with E-state index in [4.69, 9.17) is 4.74 Å². The van der Waals surface area contributed by atoms with E-state index in [1.807, 2.05) is 30.3 Å². The molecule has 19 heavy (non-hydrogen) atoms. The fourth-order valence-corrected chi connectivity index (χ4v) is 2.57. The predicted octanol–water partition coefficient (Wildman–Crippen LogP) is 3.53. The minimum atomic E-state index is -1.09. The Balaban J connectivity index is 1.69. The highest BCUT2D eigenvalue weighted by atomic mass is 19.1. The lowest BCUT2D eigenvalue weighted by Gasteiger charge is -2.34. The van der Waals surface area contributed by atoms with E-state index in [1.54, 1.807) is 13.8 Å². The van der Waals surface area contributed by atoms with Crippen LogP contribution in [0.4, 0.5) is 4.39 Å². The first-order valence-corrected chi connectivity index (χ1v) is 7.12. The van der Waals surface area contributed by atoms with Gasteiger partial charge in [-0.15, -0.1) is 0 Å². The van der Waals surface area contributed by atoms with E-state index in [9.17, 15) is 4.39 Å². The molecule has 0 aliphatic carbocycles. The highest BCUT2D eigenvalue weighted by molar-refractivity contribution is 5.20. The van der Waals surface area contributed by atoms with Crippen LogP contribution in [0, 0.1) is 5.92 Å². The van der Waals surface area contributed by atoms with Crippen LogP contribution >= 0.6 is 0 Å². The summed E-state index contributed by atoms with van der Waals surface area (Å²) in [7, 11) is 0. The largest absolute Gasteiger partial charge is 0.493 e. The molecule has 2 nitrogen and oxygen atoms in total. The van der Waals surface area contributed by atoms with Crippen molar-refractivity contribution in [3.05, 3.63) is 30.3 Å². The first-order chi connectivity index (χ1) is 9.03. The number of rotatable bonds is 5. The zero-order chi connectivity index (χ0) is 13.7. The minimum Gasteiger partial charge on any atom is -0.493 e. The molecule has 0 bridgehead atoms. The molecule has 0 atom stereocenters. The molecule has 1 aromatic carbocycles. The number of halogens is 1. The molecular formula is C16H24FNO. The molecule has 1 heterocycles. The molecule has 1 aliphatic heterocycles. The third kappa shape index (κ3) is 5.19. The van der Waals surface area contributed by atoms with E-state index in [0.29, 0.717) is 12.5 Å². The summed E-state index contributed by atoms with van der Waals surface area (Å²) in [5.74, 6) is 1.54. The summed E-state index contributed by atoms with van der Waals surface area (Å²) in [4.78, 5) is 2.22. The quantitative estimate of drug-likeness (QED) is 0.807. The monoisotopic (exact) mass is 265 g/mol. The van der Waals surface area contributed by atoms with Gasteiger partial charge in [-0.1, -0.05) is 18.2 Å². The molecule has 0 spiro atoms. The smallest absolute Gasteiger partial charge is 0.119 e. The number of ether oxygens (including phenoxy) is 1. The van der Waals surface area contributed by atoms with Crippen LogP contribution in [0.15, 0.2) is 30.3 Å². The molecule has 1 aromatic rings. The van der Waals surface area contributed by atoms with Crippen molar-refractivity contribution >= 4 is 0 Å². The number of nitrogens with zero attached hydrogens (tertiary/aromatic N) is 1. The number of alkyl halides is 1. The fourth-order valence-electron chi connectivity index (χ4n) is 2.57. The zero-order valence-electron chi connectivity index (χ0n) is 11.9. The number of benzene rings is 1. The molecular weight excluding hydrogens is 241 g/mol. The molecule has 0 saturated carbocycles. The van der Waals surface area contributed by atoms with Gasteiger partial charge in [-0.3, -0.25) is 0 Å². The molecule has 0 amide bonds. The second kappa shape index (κ2) is 6.38. The van der Waals surface area contributed by atoms with Gasteiger partial charge in [-0.05, 0) is 57.8 Å². The first kappa shape index (κ1) is 14.3. The van der Waals surface area contributed by atoms with Crippen LogP contribution in [0.3, 0.4) is 0 Å². The van der Waals surface area contributed by atoms with Gasteiger partial charge in [0.1, 0.15) is 11.4 Å². The number of likely N-dealkylation sites (tertiary alicyclic amines) is 1. The number of hydrogen-bond acceptors (Lipinski definition) is 2. The third-order valence-corrected chi connectivity index (χ3v) is 3.54. The lowest BCUT2D eigenvalue weighted by atomic mass is 9.97. The topological polar surface area (TPSA) is 12.5 Å². The van der Waals surface area contributed by atoms with Crippen molar-refractivity contribution in [2.75, 3.05) is 26.2 Å². The van der Waals surface area contributed by atoms with Crippen LogP contribution in [-0.2, 0) is 0 Å². The molecule has 0 radical (unpaired) electrons. The van der Waals surface area contributed by atoms with E-state index in [0.717, 1.165) is 38.3 Å². The van der Waals surface area contributed by atoms with Crippen molar-refractivity contribution in [2.45, 2.75) is 32.4 Å². The molecule has 2 rings (SSSR count). The lowest BCUT2D eigenvalue weighted by molar-refractivity contribution is 0.0836. The maximum Gasteiger partial charge on any atom is 0.119 e. The van der Waals surface area contributed by atoms with Crippen molar-refractivity contribution < 1.29 is 9.13 Å². The van der Waals surface area contributed by atoms with Gasteiger partial charge in [0, 0.05) is 6.54 Å². The molecule has 1 saturated heterocycles. The average molecular weight is 265 g/mol. The Morgan fingerprint density at radius 3 is 2.42 bits per heavy atom. The van der Waals surface area contributed by atoms with Gasteiger partial charge in [0.15, 0.2) is 0 Å². The number of hydrogen-bond donors (Lipinski definition) is 0. The Morgan fingerprint density at radius 1 is 1.21 bits per heavy atom. The van der Waals surface area contributed by atoms with Gasteiger partial charge in [-0.2, -0.15) is 0 Å². The van der Waals surface area contributed by atoms with Gasteiger partial charge in [0.25, 0.3) is 0 Å². The van der Waals surface area contributed by atoms with Crippen LogP contribution in [0.1, 0.15) is 26.7 Å². The summed E-state index contributed by atoms with van der Waals surface area (Å²) < 4.78 is 19.4. The average Bonchev–Trinajstić information content (AvgIpc) is 2.37. The SMILES string of the molecule is CC(C)(F)CN1CCC(COc2ccccc2)CC1. The molecule has 1 aliphatic rings. The Morgan fingerprint density at radius 2 is 1.84 bits per heavy atom. The Hall–Kier alpha value is -1.09. The Kier molecular flexibility index (Phi) is 4.81. The van der Waals surface area contributed by atoms with Gasteiger partial charge in [0.2, 0.25) is 0 Å². The normalized spacial score (nSPS) is 18.5. The van der Waals surface area contributed by atoms with Gasteiger partial charge < -0.3 is 9.64 Å². The van der Waals surface area contributed by atoms with E-state index < -0.39 is 5.67 Å². The van der Waals surface area contributed by atoms with E-state index in [1.165, 1.54) is 0 Å². The summed E-state index contributed by atoms with van der Waals surface area (Å²) in [5, 5.41) is 0. The minimum absolute atomic E-state index is 0.541. The lowest BCUT2D eigenvalue weighted by Crippen LogP contribution is -2.41. The van der Waals surface area contributed by atoms with E-state index >= 15 is 0 Å². The Labute approximate surface area is 115 Å². The van der Waals surface area contributed by atoms with Crippen molar-refractivity contribution in [1.29, 1.82) is 0 Å². The second-order valence-electron chi connectivity index (χ2n) is 6.06. The number of para-hydroxylation sites is 1. The molecule has 0 unspecified atom stereocenters. The summed E-state index contributed by atoms with van der Waals surface area (Å²) in [6, 6.07) is 9.94. The van der Waals surface area contributed by atoms with Crippen LogP contribution < -0.4 is 4.74 Å². The summed E-state index contributed by atoms with van der Waals surface area (Å²) in [5.41, 5.74) is -1.09. The highest BCUT2D eigenvalue weighted by Crippen LogP contribution is 2.21. The number of piperidine rings is 1. The standard InChI is InChI=1S/C16H24FNO/c1-16(2,17)13-18-10-8-14(9-11-18)12-19-15-6-4-3-5-7-15/h3-7,14H,8-13H2,1-2H3. The van der Waals surface area contributed by atoms with Crippen molar-refractivity contribution in [2.24, 2.45) is 5.92 Å². The summed E-state index contributed by atoms with van der Waals surface area (Å²) >= 11 is 0. The zero-order valence-corrected chi connectivity index (χ0v) is 11.9.